The van der Waals surface area contributed by atoms with Crippen LogP contribution < -0.4 is 5.01 Å². The Morgan fingerprint density at radius 1 is 1.08 bits per heavy atom. The van der Waals surface area contributed by atoms with Gasteiger partial charge in [0.1, 0.15) is 0 Å². The van der Waals surface area contributed by atoms with E-state index in [1.165, 1.54) is 10.9 Å². The molecule has 2 aromatic rings. The lowest BCUT2D eigenvalue weighted by atomic mass is 10.3. The van der Waals surface area contributed by atoms with Gasteiger partial charge in [-0.05, 0) is 12.1 Å². The van der Waals surface area contributed by atoms with Gasteiger partial charge in [-0.15, -0.1) is 0 Å². The first kappa shape index (κ1) is 7.22. The summed E-state index contributed by atoms with van der Waals surface area (Å²) in [7, 11) is 4.07. The molecule has 0 saturated heterocycles. The van der Waals surface area contributed by atoms with Crippen molar-refractivity contribution in [3.05, 3.63) is 36.5 Å². The Morgan fingerprint density at radius 3 is 2.58 bits per heavy atom. The summed E-state index contributed by atoms with van der Waals surface area (Å²) < 4.78 is 2.12. The van der Waals surface area contributed by atoms with Crippen molar-refractivity contribution >= 4 is 10.9 Å². The summed E-state index contributed by atoms with van der Waals surface area (Å²) in [4.78, 5) is 0. The van der Waals surface area contributed by atoms with Gasteiger partial charge in [-0.25, -0.2) is 0 Å². The minimum absolute atomic E-state index is 1.25. The van der Waals surface area contributed by atoms with E-state index in [1.807, 2.05) is 14.1 Å². The lowest BCUT2D eigenvalue weighted by Gasteiger charge is -2.15. The van der Waals surface area contributed by atoms with E-state index in [9.17, 15) is 0 Å². The lowest BCUT2D eigenvalue weighted by molar-refractivity contribution is 0.762. The monoisotopic (exact) mass is 160 g/mol. The summed E-state index contributed by atoms with van der Waals surface area (Å²) in [6.45, 7) is 0. The van der Waals surface area contributed by atoms with Crippen LogP contribution in [0, 0.1) is 0 Å². The van der Waals surface area contributed by atoms with Gasteiger partial charge in [-0.1, -0.05) is 18.2 Å². The van der Waals surface area contributed by atoms with Gasteiger partial charge in [0.25, 0.3) is 0 Å². The molecule has 0 radical (unpaired) electrons. The van der Waals surface area contributed by atoms with Gasteiger partial charge < -0.3 is 5.01 Å². The van der Waals surface area contributed by atoms with Gasteiger partial charge in [0, 0.05) is 25.7 Å². The summed E-state index contributed by atoms with van der Waals surface area (Å²) in [5.74, 6) is 0. The molecule has 0 aliphatic carbocycles. The van der Waals surface area contributed by atoms with Crippen LogP contribution in [-0.2, 0) is 0 Å². The molecule has 0 fully saturated rings. The highest BCUT2D eigenvalue weighted by atomic mass is 15.5. The first-order valence-electron chi connectivity index (χ1n) is 4.03. The van der Waals surface area contributed by atoms with Gasteiger partial charge in [0.2, 0.25) is 0 Å². The topological polar surface area (TPSA) is 8.17 Å². The molecule has 1 aromatic carbocycles. The molecule has 2 heteroatoms. The molecule has 62 valence electrons. The highest BCUT2D eigenvalue weighted by molar-refractivity contribution is 5.80. The summed E-state index contributed by atoms with van der Waals surface area (Å²) in [5.41, 5.74) is 1.25. The predicted octanol–water partition coefficient (Wildman–Crippen LogP) is 1.84. The normalized spacial score (nSPS) is 10.5. The van der Waals surface area contributed by atoms with Gasteiger partial charge >= 0.3 is 0 Å². The van der Waals surface area contributed by atoms with Gasteiger partial charge in [0.15, 0.2) is 0 Å². The zero-order chi connectivity index (χ0) is 8.55. The molecule has 2 rings (SSSR count). The number of hydrogen-bond acceptors (Lipinski definition) is 1. The van der Waals surface area contributed by atoms with Crippen LogP contribution in [0.5, 0.6) is 0 Å². The third-order valence-electron chi connectivity index (χ3n) is 2.01. The maximum absolute atomic E-state index is 2.12. The number of para-hydroxylation sites is 1. The molecule has 12 heavy (non-hydrogen) atoms. The first-order valence-corrected chi connectivity index (χ1v) is 4.03. The van der Waals surface area contributed by atoms with Crippen LogP contribution in [0.25, 0.3) is 10.9 Å². The summed E-state index contributed by atoms with van der Waals surface area (Å²) >= 11 is 0. The molecule has 1 aromatic heterocycles. The molecule has 1 heterocycles. The molecule has 2 nitrogen and oxygen atoms in total. The van der Waals surface area contributed by atoms with E-state index in [4.69, 9.17) is 0 Å². The fourth-order valence-corrected chi connectivity index (χ4v) is 1.42. The average Bonchev–Trinajstić information content (AvgIpc) is 2.47. The Balaban J connectivity index is 2.70. The lowest BCUT2D eigenvalue weighted by Crippen LogP contribution is -2.23. The van der Waals surface area contributed by atoms with E-state index in [-0.39, 0.29) is 0 Å². The van der Waals surface area contributed by atoms with Gasteiger partial charge in [0.05, 0.1) is 5.52 Å². The minimum Gasteiger partial charge on any atom is -0.319 e. The van der Waals surface area contributed by atoms with Crippen molar-refractivity contribution in [2.24, 2.45) is 0 Å². The van der Waals surface area contributed by atoms with Crippen LogP contribution in [0.1, 0.15) is 0 Å². The second-order valence-electron chi connectivity index (χ2n) is 3.07. The van der Waals surface area contributed by atoms with Gasteiger partial charge in [-0.2, -0.15) is 0 Å². The smallest absolute Gasteiger partial charge is 0.0694 e. The third-order valence-corrected chi connectivity index (χ3v) is 2.01. The van der Waals surface area contributed by atoms with Crippen LogP contribution >= 0.6 is 0 Å². The molecular formula is C10H12N2. The molecule has 0 spiro atoms. The molecule has 0 aliphatic rings. The van der Waals surface area contributed by atoms with Crippen LogP contribution in [0.3, 0.4) is 0 Å². The van der Waals surface area contributed by atoms with Crippen LogP contribution in [-0.4, -0.2) is 18.8 Å². The molecule has 0 N–H and O–H groups in total. The number of nitrogens with zero attached hydrogens (tertiary/aromatic N) is 2. The van der Waals surface area contributed by atoms with Crippen molar-refractivity contribution in [3.8, 4) is 0 Å². The van der Waals surface area contributed by atoms with Crippen molar-refractivity contribution in [2.45, 2.75) is 0 Å². The SMILES string of the molecule is CN(C)n1ccc2ccccc21. The van der Waals surface area contributed by atoms with Gasteiger partial charge in [-0.3, -0.25) is 4.68 Å². The molecule has 0 atom stereocenters. The van der Waals surface area contributed by atoms with E-state index < -0.39 is 0 Å². The summed E-state index contributed by atoms with van der Waals surface area (Å²) in [6.07, 6.45) is 2.07. The second kappa shape index (κ2) is 2.55. The Kier molecular flexibility index (Phi) is 1.54. The first-order chi connectivity index (χ1) is 5.79. The number of rotatable bonds is 1. The number of aromatic nitrogens is 1. The highest BCUT2D eigenvalue weighted by Gasteiger charge is 1.98. The maximum Gasteiger partial charge on any atom is 0.0694 e. The molecular weight excluding hydrogens is 148 g/mol. The second-order valence-corrected chi connectivity index (χ2v) is 3.07. The Bertz CT molecular complexity index is 387. The van der Waals surface area contributed by atoms with Crippen molar-refractivity contribution in [1.82, 2.24) is 4.68 Å². The van der Waals surface area contributed by atoms with Crippen LogP contribution in [0.4, 0.5) is 0 Å². The standard InChI is InChI=1S/C10H12N2/c1-11(2)12-8-7-9-5-3-4-6-10(9)12/h3-8H,1-2H3. The summed E-state index contributed by atoms with van der Waals surface area (Å²) in [6, 6.07) is 10.5. The van der Waals surface area contributed by atoms with Crippen LogP contribution in [0.2, 0.25) is 0 Å². The number of hydrogen-bond donors (Lipinski definition) is 0. The summed E-state index contributed by atoms with van der Waals surface area (Å²) in [5, 5.41) is 3.34. The van der Waals surface area contributed by atoms with Crippen molar-refractivity contribution in [2.75, 3.05) is 19.1 Å². The third kappa shape index (κ3) is 0.961. The number of benzene rings is 1. The fraction of sp³-hybridized carbons (Fsp3) is 0.200. The zero-order valence-electron chi connectivity index (χ0n) is 7.36. The molecule has 0 bridgehead atoms. The molecule has 0 saturated carbocycles. The van der Waals surface area contributed by atoms with E-state index >= 15 is 0 Å². The quantitative estimate of drug-likeness (QED) is 0.618. The Labute approximate surface area is 72.0 Å². The fourth-order valence-electron chi connectivity index (χ4n) is 1.42. The highest BCUT2D eigenvalue weighted by Crippen LogP contribution is 2.13. The van der Waals surface area contributed by atoms with Crippen molar-refractivity contribution in [3.63, 3.8) is 0 Å². The minimum atomic E-state index is 1.25. The average molecular weight is 160 g/mol. The van der Waals surface area contributed by atoms with E-state index in [0.717, 1.165) is 0 Å². The van der Waals surface area contributed by atoms with E-state index in [1.54, 1.807) is 0 Å². The van der Waals surface area contributed by atoms with E-state index in [2.05, 4.69) is 46.2 Å². The molecule has 0 unspecified atom stereocenters. The number of fused-ring (bicyclic) bond motifs is 1. The Morgan fingerprint density at radius 2 is 1.83 bits per heavy atom. The molecule has 0 amide bonds. The zero-order valence-corrected chi connectivity index (χ0v) is 7.36. The molecule has 0 aliphatic heterocycles. The van der Waals surface area contributed by atoms with Crippen molar-refractivity contribution in [1.29, 1.82) is 0 Å². The van der Waals surface area contributed by atoms with Crippen LogP contribution in [0.15, 0.2) is 36.5 Å². The van der Waals surface area contributed by atoms with Crippen molar-refractivity contribution < 1.29 is 0 Å². The largest absolute Gasteiger partial charge is 0.319 e. The Hall–Kier alpha value is -1.44. The maximum atomic E-state index is 2.12. The predicted molar refractivity (Wildman–Crippen MR) is 52.0 cm³/mol. The van der Waals surface area contributed by atoms with E-state index in [0.29, 0.717) is 0 Å².